The minimum Gasteiger partial charge on any atom is -0.469 e. The lowest BCUT2D eigenvalue weighted by molar-refractivity contribution is -0.145. The Morgan fingerprint density at radius 3 is 2.90 bits per heavy atom. The predicted molar refractivity (Wildman–Crippen MR) is 80.6 cm³/mol. The molecule has 2 rings (SSSR count). The van der Waals surface area contributed by atoms with Crippen LogP contribution in [0.1, 0.15) is 30.0 Å². The summed E-state index contributed by atoms with van der Waals surface area (Å²) >= 11 is 1.55. The van der Waals surface area contributed by atoms with E-state index in [-0.39, 0.29) is 0 Å². The Labute approximate surface area is 129 Å². The molecule has 1 N–H and O–H groups in total. The first kappa shape index (κ1) is 16.4. The third kappa shape index (κ3) is 4.02. The van der Waals surface area contributed by atoms with Crippen molar-refractivity contribution in [1.82, 2.24) is 9.71 Å². The average Bonchev–Trinajstić information content (AvgIpc) is 3.07. The molecule has 1 saturated carbocycles. The van der Waals surface area contributed by atoms with Gasteiger partial charge in [-0.3, -0.25) is 4.79 Å². The van der Waals surface area contributed by atoms with E-state index in [1.165, 1.54) is 7.11 Å². The van der Waals surface area contributed by atoms with E-state index in [9.17, 15) is 13.2 Å². The van der Waals surface area contributed by atoms with E-state index in [0.29, 0.717) is 25.8 Å². The monoisotopic (exact) mass is 332 g/mol. The summed E-state index contributed by atoms with van der Waals surface area (Å²) in [6.07, 6.45) is 2.37. The van der Waals surface area contributed by atoms with Crippen LogP contribution in [0.15, 0.2) is 5.38 Å². The summed E-state index contributed by atoms with van der Waals surface area (Å²) in [5.41, 5.74) is 0.885. The van der Waals surface area contributed by atoms with Gasteiger partial charge in [0.2, 0.25) is 10.0 Å². The largest absolute Gasteiger partial charge is 0.469 e. The zero-order chi connectivity index (χ0) is 15.5. The lowest BCUT2D eigenvalue weighted by Gasteiger charge is -2.18. The Morgan fingerprint density at radius 1 is 1.52 bits per heavy atom. The molecule has 1 heterocycles. The Bertz CT molecular complexity index is 597. The standard InChI is InChI=1S/C13H20N2O4S2/c1-9-15-10(8-20-9)6-7-14-21(17,18)12-5-3-4-11(12)13(16)19-2/h8,11-12,14H,3-7H2,1-2H3. The van der Waals surface area contributed by atoms with Gasteiger partial charge in [-0.1, -0.05) is 6.42 Å². The van der Waals surface area contributed by atoms with Crippen LogP contribution in [0.4, 0.5) is 0 Å². The summed E-state index contributed by atoms with van der Waals surface area (Å²) in [6.45, 7) is 2.22. The van der Waals surface area contributed by atoms with Crippen LogP contribution in [0.5, 0.6) is 0 Å². The second-order valence-electron chi connectivity index (χ2n) is 5.15. The van der Waals surface area contributed by atoms with Gasteiger partial charge < -0.3 is 4.74 Å². The molecular formula is C13H20N2O4S2. The van der Waals surface area contributed by atoms with Gasteiger partial charge in [0.15, 0.2) is 0 Å². The number of sulfonamides is 1. The maximum Gasteiger partial charge on any atom is 0.310 e. The van der Waals surface area contributed by atoms with Gasteiger partial charge in [-0.25, -0.2) is 18.1 Å². The summed E-state index contributed by atoms with van der Waals surface area (Å²) in [5.74, 6) is -0.980. The van der Waals surface area contributed by atoms with Crippen LogP contribution >= 0.6 is 11.3 Å². The van der Waals surface area contributed by atoms with Gasteiger partial charge >= 0.3 is 5.97 Å². The van der Waals surface area contributed by atoms with Crippen LogP contribution in [0.3, 0.4) is 0 Å². The van der Waals surface area contributed by atoms with Gasteiger partial charge in [0, 0.05) is 18.3 Å². The fourth-order valence-electron chi connectivity index (χ4n) is 2.67. The van der Waals surface area contributed by atoms with E-state index in [0.717, 1.165) is 17.1 Å². The molecular weight excluding hydrogens is 312 g/mol. The SMILES string of the molecule is COC(=O)C1CCCC1S(=O)(=O)NCCc1csc(C)n1. The molecule has 0 radical (unpaired) electrons. The molecule has 0 spiro atoms. The van der Waals surface area contributed by atoms with Crippen molar-refractivity contribution < 1.29 is 17.9 Å². The number of hydrogen-bond acceptors (Lipinski definition) is 6. The van der Waals surface area contributed by atoms with Crippen LogP contribution in [0.25, 0.3) is 0 Å². The van der Waals surface area contributed by atoms with E-state index in [1.54, 1.807) is 11.3 Å². The molecule has 1 aromatic rings. The maximum atomic E-state index is 12.3. The summed E-state index contributed by atoms with van der Waals surface area (Å²) < 4.78 is 31.9. The minimum absolute atomic E-state index is 0.301. The van der Waals surface area contributed by atoms with E-state index in [1.807, 2.05) is 12.3 Å². The predicted octanol–water partition coefficient (Wildman–Crippen LogP) is 1.26. The zero-order valence-electron chi connectivity index (χ0n) is 12.2. The number of hydrogen-bond donors (Lipinski definition) is 1. The van der Waals surface area contributed by atoms with Gasteiger partial charge in [0.05, 0.1) is 29.0 Å². The zero-order valence-corrected chi connectivity index (χ0v) is 13.8. The van der Waals surface area contributed by atoms with Crippen LogP contribution in [-0.2, 0) is 26.0 Å². The van der Waals surface area contributed by atoms with E-state index < -0.39 is 27.2 Å². The number of carbonyl (C=O) groups excluding carboxylic acids is 1. The number of thiazole rings is 1. The Balaban J connectivity index is 1.93. The number of ether oxygens (including phenoxy) is 1. The molecule has 0 aromatic carbocycles. The molecule has 0 bridgehead atoms. The molecule has 1 aromatic heterocycles. The maximum absolute atomic E-state index is 12.3. The van der Waals surface area contributed by atoms with Crippen LogP contribution in [-0.4, -0.2) is 38.3 Å². The molecule has 2 unspecified atom stereocenters. The smallest absolute Gasteiger partial charge is 0.310 e. The summed E-state index contributed by atoms with van der Waals surface area (Å²) in [6, 6.07) is 0. The van der Waals surface area contributed by atoms with Gasteiger partial charge in [0.25, 0.3) is 0 Å². The minimum atomic E-state index is -3.50. The van der Waals surface area contributed by atoms with Crippen LogP contribution < -0.4 is 4.72 Å². The fraction of sp³-hybridized carbons (Fsp3) is 0.692. The molecule has 118 valence electrons. The van der Waals surface area contributed by atoms with Crippen molar-refractivity contribution in [2.45, 2.75) is 37.9 Å². The highest BCUT2D eigenvalue weighted by molar-refractivity contribution is 7.90. The molecule has 1 fully saturated rings. The number of methoxy groups -OCH3 is 1. The van der Waals surface area contributed by atoms with Crippen molar-refractivity contribution in [3.63, 3.8) is 0 Å². The van der Waals surface area contributed by atoms with Gasteiger partial charge in [-0.2, -0.15) is 0 Å². The molecule has 0 amide bonds. The molecule has 1 aliphatic rings. The van der Waals surface area contributed by atoms with E-state index in [4.69, 9.17) is 4.74 Å². The third-order valence-corrected chi connectivity index (χ3v) is 6.50. The number of aromatic nitrogens is 1. The van der Waals surface area contributed by atoms with Crippen LogP contribution in [0, 0.1) is 12.8 Å². The molecule has 6 nitrogen and oxygen atoms in total. The van der Waals surface area contributed by atoms with Gasteiger partial charge in [-0.05, 0) is 19.8 Å². The molecule has 8 heteroatoms. The second kappa shape index (κ2) is 6.85. The second-order valence-corrected chi connectivity index (χ2v) is 8.19. The van der Waals surface area contributed by atoms with Crippen LogP contribution in [0.2, 0.25) is 0 Å². The summed E-state index contributed by atoms with van der Waals surface area (Å²) in [7, 11) is -2.21. The topological polar surface area (TPSA) is 85.4 Å². The van der Waals surface area contributed by atoms with Crippen molar-refractivity contribution in [2.75, 3.05) is 13.7 Å². The van der Waals surface area contributed by atoms with E-state index >= 15 is 0 Å². The quantitative estimate of drug-likeness (QED) is 0.793. The first-order valence-corrected chi connectivity index (χ1v) is 9.34. The molecule has 2 atom stereocenters. The lowest BCUT2D eigenvalue weighted by atomic mass is 10.1. The molecule has 0 saturated heterocycles. The Morgan fingerprint density at radius 2 is 2.29 bits per heavy atom. The number of aryl methyl sites for hydroxylation is 1. The number of nitrogens with zero attached hydrogens (tertiary/aromatic N) is 1. The molecule has 1 aliphatic carbocycles. The van der Waals surface area contributed by atoms with Crippen molar-refractivity contribution >= 4 is 27.3 Å². The van der Waals surface area contributed by atoms with Crippen molar-refractivity contribution in [1.29, 1.82) is 0 Å². The lowest BCUT2D eigenvalue weighted by Crippen LogP contribution is -2.40. The molecule has 21 heavy (non-hydrogen) atoms. The summed E-state index contributed by atoms with van der Waals surface area (Å²) in [4.78, 5) is 15.9. The van der Waals surface area contributed by atoms with Crippen molar-refractivity contribution in [2.24, 2.45) is 5.92 Å². The number of nitrogens with one attached hydrogen (secondary N) is 1. The third-order valence-electron chi connectivity index (χ3n) is 3.71. The highest BCUT2D eigenvalue weighted by atomic mass is 32.2. The van der Waals surface area contributed by atoms with Gasteiger partial charge in [-0.15, -0.1) is 11.3 Å². The normalized spacial score (nSPS) is 22.4. The fourth-order valence-corrected chi connectivity index (χ4v) is 5.07. The average molecular weight is 332 g/mol. The number of esters is 1. The van der Waals surface area contributed by atoms with Gasteiger partial charge in [0.1, 0.15) is 0 Å². The first-order valence-electron chi connectivity index (χ1n) is 6.91. The molecule has 0 aliphatic heterocycles. The van der Waals surface area contributed by atoms with Crippen molar-refractivity contribution in [3.05, 3.63) is 16.1 Å². The highest BCUT2D eigenvalue weighted by Gasteiger charge is 2.41. The first-order chi connectivity index (χ1) is 9.94. The van der Waals surface area contributed by atoms with E-state index in [2.05, 4.69) is 9.71 Å². The highest BCUT2D eigenvalue weighted by Crippen LogP contribution is 2.31. The Hall–Kier alpha value is -0.990. The Kier molecular flexibility index (Phi) is 5.34. The number of carbonyl (C=O) groups is 1. The summed E-state index contributed by atoms with van der Waals surface area (Å²) in [5, 5.41) is 2.22. The van der Waals surface area contributed by atoms with Crippen molar-refractivity contribution in [3.8, 4) is 0 Å². The number of rotatable bonds is 6.